The standard InChI is InChI=1S/C12H13FN4/c1-8-2-4-11-10(16-8)7-15-17(11)9-3-5-12(13)14-6-9/h3,5-8,16H,2,4H2,1H3. The van der Waals surface area contributed by atoms with Crippen LogP contribution in [0.25, 0.3) is 5.69 Å². The van der Waals surface area contributed by atoms with Gasteiger partial charge in [-0.05, 0) is 31.9 Å². The second-order valence-corrected chi connectivity index (χ2v) is 4.34. The van der Waals surface area contributed by atoms with Crippen molar-refractivity contribution in [1.82, 2.24) is 14.8 Å². The van der Waals surface area contributed by atoms with Crippen molar-refractivity contribution >= 4 is 5.69 Å². The fourth-order valence-electron chi connectivity index (χ4n) is 2.14. The summed E-state index contributed by atoms with van der Waals surface area (Å²) in [5, 5.41) is 7.71. The number of rotatable bonds is 1. The molecule has 2 aromatic rings. The van der Waals surface area contributed by atoms with Crippen LogP contribution in [0, 0.1) is 5.95 Å². The lowest BCUT2D eigenvalue weighted by molar-refractivity contribution is 0.581. The molecule has 0 amide bonds. The first-order valence-corrected chi connectivity index (χ1v) is 5.69. The summed E-state index contributed by atoms with van der Waals surface area (Å²) in [7, 11) is 0. The largest absolute Gasteiger partial charge is 0.380 e. The Balaban J connectivity index is 2.02. The lowest BCUT2D eigenvalue weighted by Crippen LogP contribution is -2.22. The van der Waals surface area contributed by atoms with E-state index in [1.807, 2.05) is 10.9 Å². The Morgan fingerprint density at radius 1 is 1.41 bits per heavy atom. The Labute approximate surface area is 98.5 Å². The summed E-state index contributed by atoms with van der Waals surface area (Å²) in [5.74, 6) is -0.471. The highest BCUT2D eigenvalue weighted by Gasteiger charge is 2.19. The average molecular weight is 232 g/mol. The van der Waals surface area contributed by atoms with Gasteiger partial charge in [0.2, 0.25) is 5.95 Å². The van der Waals surface area contributed by atoms with Crippen LogP contribution in [0.1, 0.15) is 19.0 Å². The number of halogens is 1. The van der Waals surface area contributed by atoms with E-state index in [1.165, 1.54) is 12.3 Å². The zero-order chi connectivity index (χ0) is 11.8. The number of hydrogen-bond acceptors (Lipinski definition) is 3. The molecule has 1 unspecified atom stereocenters. The van der Waals surface area contributed by atoms with Crippen LogP contribution < -0.4 is 5.32 Å². The molecule has 5 heteroatoms. The molecule has 0 saturated heterocycles. The summed E-state index contributed by atoms with van der Waals surface area (Å²) in [6.07, 6.45) is 5.36. The van der Waals surface area contributed by atoms with Crippen molar-refractivity contribution in [2.45, 2.75) is 25.8 Å². The third-order valence-electron chi connectivity index (χ3n) is 3.04. The number of pyridine rings is 1. The van der Waals surface area contributed by atoms with E-state index in [1.54, 1.807) is 6.07 Å². The van der Waals surface area contributed by atoms with Gasteiger partial charge < -0.3 is 5.32 Å². The summed E-state index contributed by atoms with van der Waals surface area (Å²) in [6.45, 7) is 2.15. The second-order valence-electron chi connectivity index (χ2n) is 4.34. The van der Waals surface area contributed by atoms with Gasteiger partial charge in [-0.2, -0.15) is 9.49 Å². The minimum Gasteiger partial charge on any atom is -0.380 e. The molecule has 1 aliphatic rings. The van der Waals surface area contributed by atoms with Crippen LogP contribution in [-0.4, -0.2) is 20.8 Å². The van der Waals surface area contributed by atoms with E-state index in [4.69, 9.17) is 0 Å². The van der Waals surface area contributed by atoms with Crippen molar-refractivity contribution in [2.24, 2.45) is 0 Å². The molecule has 3 rings (SSSR count). The number of anilines is 1. The maximum absolute atomic E-state index is 12.8. The Morgan fingerprint density at radius 3 is 3.06 bits per heavy atom. The van der Waals surface area contributed by atoms with E-state index < -0.39 is 5.95 Å². The van der Waals surface area contributed by atoms with Gasteiger partial charge in [-0.25, -0.2) is 9.67 Å². The van der Waals surface area contributed by atoms with Gasteiger partial charge in [0, 0.05) is 6.04 Å². The summed E-state index contributed by atoms with van der Waals surface area (Å²) in [6, 6.07) is 3.52. The highest BCUT2D eigenvalue weighted by Crippen LogP contribution is 2.26. The van der Waals surface area contributed by atoms with Crippen LogP contribution in [0.2, 0.25) is 0 Å². The first kappa shape index (κ1) is 10.3. The topological polar surface area (TPSA) is 42.7 Å². The number of hydrogen-bond donors (Lipinski definition) is 1. The van der Waals surface area contributed by atoms with Crippen LogP contribution in [0.4, 0.5) is 10.1 Å². The maximum Gasteiger partial charge on any atom is 0.212 e. The van der Waals surface area contributed by atoms with Crippen molar-refractivity contribution < 1.29 is 4.39 Å². The molecule has 0 aliphatic carbocycles. The summed E-state index contributed by atoms with van der Waals surface area (Å²) >= 11 is 0. The third kappa shape index (κ3) is 1.77. The lowest BCUT2D eigenvalue weighted by atomic mass is 10.1. The molecule has 0 radical (unpaired) electrons. The second kappa shape index (κ2) is 3.84. The molecule has 1 atom stereocenters. The number of nitrogens with one attached hydrogen (secondary N) is 1. The monoisotopic (exact) mass is 232 g/mol. The Morgan fingerprint density at radius 2 is 2.29 bits per heavy atom. The van der Waals surface area contributed by atoms with Crippen molar-refractivity contribution in [2.75, 3.05) is 5.32 Å². The third-order valence-corrected chi connectivity index (χ3v) is 3.04. The van der Waals surface area contributed by atoms with Crippen molar-refractivity contribution in [3.8, 4) is 5.69 Å². The normalized spacial score (nSPS) is 18.6. The van der Waals surface area contributed by atoms with Crippen molar-refractivity contribution in [1.29, 1.82) is 0 Å². The molecule has 1 N–H and O–H groups in total. The minimum atomic E-state index is -0.471. The SMILES string of the molecule is CC1CCc2c(cnn2-c2ccc(F)nc2)N1. The smallest absolute Gasteiger partial charge is 0.212 e. The zero-order valence-electron chi connectivity index (χ0n) is 9.52. The Bertz CT molecular complexity index is 532. The van der Waals surface area contributed by atoms with Gasteiger partial charge in [0.05, 0.1) is 29.5 Å². The first-order chi connectivity index (χ1) is 8.24. The fraction of sp³-hybridized carbons (Fsp3) is 0.333. The molecule has 1 aliphatic heterocycles. The summed E-state index contributed by atoms with van der Waals surface area (Å²) in [4.78, 5) is 3.65. The summed E-state index contributed by atoms with van der Waals surface area (Å²) in [5.41, 5.74) is 2.99. The molecular weight excluding hydrogens is 219 g/mol. The molecular formula is C12H13FN4. The van der Waals surface area contributed by atoms with E-state index >= 15 is 0 Å². The molecule has 0 spiro atoms. The van der Waals surface area contributed by atoms with Gasteiger partial charge in [0.15, 0.2) is 0 Å². The van der Waals surface area contributed by atoms with Gasteiger partial charge in [-0.15, -0.1) is 0 Å². The van der Waals surface area contributed by atoms with Crippen molar-refractivity contribution in [3.63, 3.8) is 0 Å². The number of aromatic nitrogens is 3. The van der Waals surface area contributed by atoms with Crippen LogP contribution in [0.15, 0.2) is 24.5 Å². The van der Waals surface area contributed by atoms with E-state index in [-0.39, 0.29) is 0 Å². The fourth-order valence-corrected chi connectivity index (χ4v) is 2.14. The van der Waals surface area contributed by atoms with E-state index in [9.17, 15) is 4.39 Å². The zero-order valence-corrected chi connectivity index (χ0v) is 9.52. The van der Waals surface area contributed by atoms with Gasteiger partial charge in [-0.1, -0.05) is 0 Å². The molecule has 88 valence electrons. The Kier molecular flexibility index (Phi) is 2.31. The predicted octanol–water partition coefficient (Wildman–Crippen LogP) is 2.15. The quantitative estimate of drug-likeness (QED) is 0.766. The van der Waals surface area contributed by atoms with Crippen LogP contribution in [0.5, 0.6) is 0 Å². The highest BCUT2D eigenvalue weighted by molar-refractivity contribution is 5.52. The molecule has 0 aromatic carbocycles. The first-order valence-electron chi connectivity index (χ1n) is 5.69. The van der Waals surface area contributed by atoms with Gasteiger partial charge in [-0.3, -0.25) is 0 Å². The van der Waals surface area contributed by atoms with Crippen molar-refractivity contribution in [3.05, 3.63) is 36.2 Å². The summed E-state index contributed by atoms with van der Waals surface area (Å²) < 4.78 is 14.6. The predicted molar refractivity (Wildman–Crippen MR) is 62.7 cm³/mol. The van der Waals surface area contributed by atoms with Gasteiger partial charge in [0.1, 0.15) is 0 Å². The van der Waals surface area contributed by atoms with Crippen LogP contribution >= 0.6 is 0 Å². The molecule has 3 heterocycles. The minimum absolute atomic E-state index is 0.471. The van der Waals surface area contributed by atoms with Gasteiger partial charge >= 0.3 is 0 Å². The number of nitrogens with zero attached hydrogens (tertiary/aromatic N) is 3. The molecule has 0 fully saturated rings. The highest BCUT2D eigenvalue weighted by atomic mass is 19.1. The van der Waals surface area contributed by atoms with Crippen LogP contribution in [-0.2, 0) is 6.42 Å². The molecule has 2 aromatic heterocycles. The maximum atomic E-state index is 12.8. The molecule has 0 saturated carbocycles. The molecule has 17 heavy (non-hydrogen) atoms. The van der Waals surface area contributed by atoms with Gasteiger partial charge in [0.25, 0.3) is 0 Å². The number of fused-ring (bicyclic) bond motifs is 1. The van der Waals surface area contributed by atoms with E-state index in [0.29, 0.717) is 6.04 Å². The van der Waals surface area contributed by atoms with E-state index in [0.717, 1.165) is 29.9 Å². The Hall–Kier alpha value is -1.91. The molecule has 0 bridgehead atoms. The average Bonchev–Trinajstić information content (AvgIpc) is 2.73. The van der Waals surface area contributed by atoms with Crippen LogP contribution in [0.3, 0.4) is 0 Å². The lowest BCUT2D eigenvalue weighted by Gasteiger charge is -2.21. The van der Waals surface area contributed by atoms with E-state index in [2.05, 4.69) is 22.3 Å². The molecule has 4 nitrogen and oxygen atoms in total.